The highest BCUT2D eigenvalue weighted by Gasteiger charge is 2.27. The Morgan fingerprint density at radius 3 is 2.59 bits per heavy atom. The molecular weight excluding hydrogens is 270 g/mol. The van der Waals surface area contributed by atoms with Gasteiger partial charge in [-0.05, 0) is 69.2 Å². The van der Waals surface area contributed by atoms with Gasteiger partial charge in [0.15, 0.2) is 0 Å². The molecule has 1 aromatic carbocycles. The molecule has 0 saturated carbocycles. The lowest BCUT2D eigenvalue weighted by atomic mass is 9.85. The Hall–Kier alpha value is -1.90. The van der Waals surface area contributed by atoms with Crippen LogP contribution in [0.15, 0.2) is 12.3 Å². The van der Waals surface area contributed by atoms with Crippen LogP contribution in [0.3, 0.4) is 0 Å². The largest absolute Gasteiger partial charge is 0.371 e. The molecule has 3 nitrogen and oxygen atoms in total. The fourth-order valence-electron chi connectivity index (χ4n) is 4.13. The first-order valence-corrected chi connectivity index (χ1v) is 8.36. The summed E-state index contributed by atoms with van der Waals surface area (Å²) >= 11 is 0. The van der Waals surface area contributed by atoms with Crippen LogP contribution in [-0.2, 0) is 12.8 Å². The molecule has 0 unspecified atom stereocenters. The number of nitrogens with zero attached hydrogens (tertiary/aromatic N) is 3. The van der Waals surface area contributed by atoms with Crippen LogP contribution >= 0.6 is 0 Å². The van der Waals surface area contributed by atoms with Crippen molar-refractivity contribution >= 4 is 5.69 Å². The maximum absolute atomic E-state index is 4.69. The molecule has 0 saturated heterocycles. The number of aromatic nitrogens is 2. The molecule has 3 heteroatoms. The highest BCUT2D eigenvalue weighted by Crippen LogP contribution is 2.41. The van der Waals surface area contributed by atoms with Crippen LogP contribution < -0.4 is 4.90 Å². The summed E-state index contributed by atoms with van der Waals surface area (Å²) in [7, 11) is 0. The molecule has 0 atom stereocenters. The first-order chi connectivity index (χ1) is 10.6. The minimum absolute atomic E-state index is 0.990. The van der Waals surface area contributed by atoms with E-state index in [1.807, 2.05) is 13.1 Å². The van der Waals surface area contributed by atoms with Gasteiger partial charge >= 0.3 is 0 Å². The minimum Gasteiger partial charge on any atom is -0.371 e. The van der Waals surface area contributed by atoms with Crippen molar-refractivity contribution in [3.63, 3.8) is 0 Å². The number of aryl methyl sites for hydroxylation is 3. The number of hydrogen-bond acceptors (Lipinski definition) is 3. The topological polar surface area (TPSA) is 29.0 Å². The smallest absolute Gasteiger partial charge is 0.0917 e. The van der Waals surface area contributed by atoms with Gasteiger partial charge in [0.05, 0.1) is 17.1 Å². The van der Waals surface area contributed by atoms with Crippen LogP contribution in [-0.4, -0.2) is 23.1 Å². The standard InChI is InChI=1S/C19H23N3/c1-12-11-20-18(14(3)21-12)17-10-15-6-4-8-22-9-5-7-16(13(17)2)19(15)22/h10-11H,4-9H2,1-3H3. The van der Waals surface area contributed by atoms with Gasteiger partial charge < -0.3 is 4.90 Å². The van der Waals surface area contributed by atoms with E-state index in [0.717, 1.165) is 17.1 Å². The van der Waals surface area contributed by atoms with Gasteiger partial charge in [-0.2, -0.15) is 0 Å². The zero-order valence-corrected chi connectivity index (χ0v) is 13.7. The summed E-state index contributed by atoms with van der Waals surface area (Å²) in [6, 6.07) is 2.39. The monoisotopic (exact) mass is 293 g/mol. The second-order valence-electron chi connectivity index (χ2n) is 6.67. The summed E-state index contributed by atoms with van der Waals surface area (Å²) in [5.74, 6) is 0. The Kier molecular flexibility index (Phi) is 3.17. The van der Waals surface area contributed by atoms with Gasteiger partial charge in [-0.25, -0.2) is 0 Å². The number of hydrogen-bond donors (Lipinski definition) is 0. The van der Waals surface area contributed by atoms with Gasteiger partial charge in [-0.3, -0.25) is 9.97 Å². The first kappa shape index (κ1) is 13.7. The van der Waals surface area contributed by atoms with Crippen molar-refractivity contribution in [3.05, 3.63) is 40.3 Å². The fraction of sp³-hybridized carbons (Fsp3) is 0.474. The summed E-state index contributed by atoms with van der Waals surface area (Å²) in [4.78, 5) is 11.9. The molecule has 3 heterocycles. The summed E-state index contributed by atoms with van der Waals surface area (Å²) in [5.41, 5.74) is 10.4. The summed E-state index contributed by atoms with van der Waals surface area (Å²) in [6.07, 6.45) is 6.84. The molecule has 4 rings (SSSR count). The maximum atomic E-state index is 4.69. The van der Waals surface area contributed by atoms with E-state index < -0.39 is 0 Å². The van der Waals surface area contributed by atoms with E-state index >= 15 is 0 Å². The SMILES string of the molecule is Cc1cnc(-c2cc3c4c(c2C)CCCN4CCC3)c(C)n1. The zero-order valence-electron chi connectivity index (χ0n) is 13.7. The molecule has 0 amide bonds. The summed E-state index contributed by atoms with van der Waals surface area (Å²) < 4.78 is 0. The predicted molar refractivity (Wildman–Crippen MR) is 90.5 cm³/mol. The van der Waals surface area contributed by atoms with Gasteiger partial charge in [0.1, 0.15) is 0 Å². The Morgan fingerprint density at radius 1 is 1.05 bits per heavy atom. The normalized spacial score (nSPS) is 16.6. The average Bonchev–Trinajstić information content (AvgIpc) is 2.51. The molecular formula is C19H23N3. The van der Waals surface area contributed by atoms with E-state index in [0.29, 0.717) is 0 Å². The van der Waals surface area contributed by atoms with Gasteiger partial charge in [0.25, 0.3) is 0 Å². The van der Waals surface area contributed by atoms with Crippen LogP contribution in [0.4, 0.5) is 5.69 Å². The Balaban J connectivity index is 1.95. The van der Waals surface area contributed by atoms with Gasteiger partial charge in [-0.1, -0.05) is 0 Å². The van der Waals surface area contributed by atoms with E-state index in [1.165, 1.54) is 61.2 Å². The second-order valence-corrected chi connectivity index (χ2v) is 6.67. The molecule has 0 aliphatic carbocycles. The van der Waals surface area contributed by atoms with E-state index in [2.05, 4.69) is 29.8 Å². The third kappa shape index (κ3) is 2.03. The Morgan fingerprint density at radius 2 is 1.82 bits per heavy atom. The van der Waals surface area contributed by atoms with Gasteiger partial charge in [0, 0.05) is 30.5 Å². The third-order valence-corrected chi connectivity index (χ3v) is 5.13. The minimum atomic E-state index is 0.990. The number of rotatable bonds is 1. The quantitative estimate of drug-likeness (QED) is 0.801. The molecule has 0 bridgehead atoms. The molecule has 2 aromatic rings. The summed E-state index contributed by atoms with van der Waals surface area (Å²) in [5, 5.41) is 0. The van der Waals surface area contributed by atoms with Crippen LogP contribution in [0.25, 0.3) is 11.3 Å². The Bertz CT molecular complexity index is 747. The van der Waals surface area contributed by atoms with Crippen molar-refractivity contribution in [1.29, 1.82) is 0 Å². The van der Waals surface area contributed by atoms with Gasteiger partial charge in [-0.15, -0.1) is 0 Å². The molecule has 0 N–H and O–H groups in total. The lowest BCUT2D eigenvalue weighted by Gasteiger charge is -2.38. The van der Waals surface area contributed by atoms with Crippen molar-refractivity contribution in [2.45, 2.75) is 46.5 Å². The Labute approximate surface area is 132 Å². The van der Waals surface area contributed by atoms with Crippen molar-refractivity contribution in [3.8, 4) is 11.3 Å². The molecule has 114 valence electrons. The molecule has 0 fully saturated rings. The number of anilines is 1. The second kappa shape index (κ2) is 5.08. The summed E-state index contributed by atoms with van der Waals surface area (Å²) in [6.45, 7) is 8.80. The molecule has 22 heavy (non-hydrogen) atoms. The van der Waals surface area contributed by atoms with Crippen LogP contribution in [0.2, 0.25) is 0 Å². The van der Waals surface area contributed by atoms with Crippen molar-refractivity contribution in [2.75, 3.05) is 18.0 Å². The van der Waals surface area contributed by atoms with Crippen molar-refractivity contribution < 1.29 is 0 Å². The van der Waals surface area contributed by atoms with E-state index in [-0.39, 0.29) is 0 Å². The first-order valence-electron chi connectivity index (χ1n) is 8.36. The molecule has 2 aliphatic rings. The molecule has 0 spiro atoms. The van der Waals surface area contributed by atoms with E-state index in [9.17, 15) is 0 Å². The van der Waals surface area contributed by atoms with Gasteiger partial charge in [0.2, 0.25) is 0 Å². The fourth-order valence-corrected chi connectivity index (χ4v) is 4.13. The maximum Gasteiger partial charge on any atom is 0.0917 e. The number of benzene rings is 1. The van der Waals surface area contributed by atoms with Crippen LogP contribution in [0.5, 0.6) is 0 Å². The highest BCUT2D eigenvalue weighted by molar-refractivity contribution is 5.76. The van der Waals surface area contributed by atoms with Crippen LogP contribution in [0.1, 0.15) is 40.9 Å². The lowest BCUT2D eigenvalue weighted by molar-refractivity contribution is 0.632. The molecule has 0 radical (unpaired) electrons. The van der Waals surface area contributed by atoms with E-state index in [4.69, 9.17) is 4.98 Å². The zero-order chi connectivity index (χ0) is 15.3. The highest BCUT2D eigenvalue weighted by atomic mass is 15.1. The van der Waals surface area contributed by atoms with Crippen molar-refractivity contribution in [2.24, 2.45) is 0 Å². The predicted octanol–water partition coefficient (Wildman–Crippen LogP) is 3.77. The van der Waals surface area contributed by atoms with E-state index in [1.54, 1.807) is 5.56 Å². The van der Waals surface area contributed by atoms with Crippen molar-refractivity contribution in [1.82, 2.24) is 9.97 Å². The average molecular weight is 293 g/mol. The lowest BCUT2D eigenvalue weighted by Crippen LogP contribution is -2.35. The molecule has 1 aromatic heterocycles. The third-order valence-electron chi connectivity index (χ3n) is 5.13. The molecule has 2 aliphatic heterocycles. The van der Waals surface area contributed by atoms with Crippen LogP contribution in [0, 0.1) is 20.8 Å².